The highest BCUT2D eigenvalue weighted by molar-refractivity contribution is 6.12. The van der Waals surface area contributed by atoms with Gasteiger partial charge in [0.1, 0.15) is 17.1 Å². The number of hydrogen-bond donors (Lipinski definition) is 2. The van der Waals surface area contributed by atoms with Gasteiger partial charge >= 0.3 is 11.9 Å². The number of cyclic esters (lactones) is 1. The van der Waals surface area contributed by atoms with Crippen molar-refractivity contribution in [3.05, 3.63) is 60.2 Å². The number of anilines is 1. The van der Waals surface area contributed by atoms with E-state index in [1.165, 1.54) is 6.20 Å². The van der Waals surface area contributed by atoms with Gasteiger partial charge in [-0.15, -0.1) is 0 Å². The monoisotopic (exact) mass is 366 g/mol. The lowest BCUT2D eigenvalue weighted by atomic mass is 9.66. The van der Waals surface area contributed by atoms with Crippen LogP contribution in [0, 0.1) is 0 Å². The number of benzene rings is 1. The van der Waals surface area contributed by atoms with Crippen molar-refractivity contribution in [3.63, 3.8) is 0 Å². The molecule has 138 valence electrons. The van der Waals surface area contributed by atoms with Crippen LogP contribution in [0.3, 0.4) is 0 Å². The maximum Gasteiger partial charge on any atom is 0.334 e. The van der Waals surface area contributed by atoms with Gasteiger partial charge in [-0.3, -0.25) is 19.0 Å². The van der Waals surface area contributed by atoms with E-state index in [1.54, 1.807) is 30.6 Å². The van der Waals surface area contributed by atoms with Crippen molar-refractivity contribution in [2.24, 2.45) is 0 Å². The molecule has 3 heterocycles. The standard InChI is InChI=1S/C19H18N4O4/c1-18(2)19(16(24)25,17(26)27-18)14-15(21-10-12-6-4-3-5-7-12)23-9-8-20-11-13(23)22-14/h3-9,11,21H,10H2,1-2H3,(H,24,25). The Balaban J connectivity index is 1.88. The first-order valence-electron chi connectivity index (χ1n) is 8.45. The average Bonchev–Trinajstić information content (AvgIpc) is 2.98. The van der Waals surface area contributed by atoms with Gasteiger partial charge in [0, 0.05) is 18.9 Å². The third kappa shape index (κ3) is 2.29. The van der Waals surface area contributed by atoms with Crippen LogP contribution in [0.15, 0.2) is 48.9 Å². The van der Waals surface area contributed by atoms with Crippen LogP contribution in [0.5, 0.6) is 0 Å². The highest BCUT2D eigenvalue weighted by Crippen LogP contribution is 2.50. The molecule has 0 radical (unpaired) electrons. The van der Waals surface area contributed by atoms with Gasteiger partial charge in [0.25, 0.3) is 0 Å². The Kier molecular flexibility index (Phi) is 3.66. The topological polar surface area (TPSA) is 106 Å². The zero-order chi connectivity index (χ0) is 19.2. The van der Waals surface area contributed by atoms with Crippen LogP contribution in [0.25, 0.3) is 5.65 Å². The van der Waals surface area contributed by atoms with Gasteiger partial charge in [0.05, 0.1) is 6.20 Å². The predicted molar refractivity (Wildman–Crippen MR) is 96.2 cm³/mol. The van der Waals surface area contributed by atoms with Gasteiger partial charge in [-0.25, -0.2) is 4.98 Å². The first-order chi connectivity index (χ1) is 12.9. The van der Waals surface area contributed by atoms with Crippen LogP contribution in [0.2, 0.25) is 0 Å². The van der Waals surface area contributed by atoms with Crippen LogP contribution < -0.4 is 5.32 Å². The molecule has 4 rings (SSSR count). The second-order valence-corrected chi connectivity index (χ2v) is 6.91. The van der Waals surface area contributed by atoms with Crippen LogP contribution in [-0.4, -0.2) is 37.0 Å². The molecule has 0 saturated carbocycles. The van der Waals surface area contributed by atoms with E-state index in [9.17, 15) is 14.7 Å². The van der Waals surface area contributed by atoms with E-state index >= 15 is 0 Å². The molecule has 8 nitrogen and oxygen atoms in total. The van der Waals surface area contributed by atoms with Crippen LogP contribution in [-0.2, 0) is 26.3 Å². The van der Waals surface area contributed by atoms with Gasteiger partial charge in [-0.05, 0) is 19.4 Å². The molecular weight excluding hydrogens is 348 g/mol. The molecule has 1 aromatic carbocycles. The number of hydrogen-bond acceptors (Lipinski definition) is 6. The summed E-state index contributed by atoms with van der Waals surface area (Å²) in [5.41, 5.74) is -1.55. The highest BCUT2D eigenvalue weighted by atomic mass is 16.6. The lowest BCUT2D eigenvalue weighted by molar-refractivity contribution is -0.219. The number of carbonyl (C=O) groups excluding carboxylic acids is 1. The molecule has 8 heteroatoms. The fraction of sp³-hybridized carbons (Fsp3) is 0.263. The molecule has 0 bridgehead atoms. The van der Waals surface area contributed by atoms with Crippen molar-refractivity contribution in [2.75, 3.05) is 5.32 Å². The van der Waals surface area contributed by atoms with E-state index in [0.29, 0.717) is 18.0 Å². The fourth-order valence-corrected chi connectivity index (χ4v) is 3.53. The van der Waals surface area contributed by atoms with Crippen LogP contribution >= 0.6 is 0 Å². The third-order valence-corrected chi connectivity index (χ3v) is 4.97. The summed E-state index contributed by atoms with van der Waals surface area (Å²) < 4.78 is 6.85. The number of nitrogens with zero attached hydrogens (tertiary/aromatic N) is 3. The van der Waals surface area contributed by atoms with Gasteiger partial charge in [-0.1, -0.05) is 30.3 Å². The van der Waals surface area contributed by atoms with E-state index in [-0.39, 0.29) is 5.69 Å². The molecule has 3 aromatic rings. The lowest BCUT2D eigenvalue weighted by Crippen LogP contribution is -2.71. The van der Waals surface area contributed by atoms with Crippen molar-refractivity contribution < 1.29 is 19.4 Å². The Morgan fingerprint density at radius 3 is 2.67 bits per heavy atom. The molecule has 1 unspecified atom stereocenters. The van der Waals surface area contributed by atoms with Crippen LogP contribution in [0.4, 0.5) is 5.82 Å². The number of nitrogens with one attached hydrogen (secondary N) is 1. The number of imidazole rings is 1. The van der Waals surface area contributed by atoms with Crippen molar-refractivity contribution in [2.45, 2.75) is 31.4 Å². The fourth-order valence-electron chi connectivity index (χ4n) is 3.53. The summed E-state index contributed by atoms with van der Waals surface area (Å²) in [6, 6.07) is 9.65. The van der Waals surface area contributed by atoms with E-state index < -0.39 is 23.0 Å². The molecule has 2 aromatic heterocycles. The van der Waals surface area contributed by atoms with Gasteiger partial charge < -0.3 is 15.2 Å². The van der Waals surface area contributed by atoms with E-state index in [4.69, 9.17) is 4.74 Å². The second kappa shape index (κ2) is 5.80. The third-order valence-electron chi connectivity index (χ3n) is 4.97. The Labute approximate surface area is 154 Å². The Morgan fingerprint density at radius 2 is 2.04 bits per heavy atom. The molecule has 0 amide bonds. The number of carboxylic acids is 1. The van der Waals surface area contributed by atoms with Gasteiger partial charge in [0.2, 0.25) is 5.41 Å². The number of rotatable bonds is 5. The van der Waals surface area contributed by atoms with Gasteiger partial charge in [-0.2, -0.15) is 0 Å². The first-order valence-corrected chi connectivity index (χ1v) is 8.45. The van der Waals surface area contributed by atoms with E-state index in [1.807, 2.05) is 30.3 Å². The molecule has 1 atom stereocenters. The zero-order valence-electron chi connectivity index (χ0n) is 14.8. The highest BCUT2D eigenvalue weighted by Gasteiger charge is 2.73. The molecule has 1 saturated heterocycles. The number of carboxylic acid groups (broad SMARTS) is 1. The van der Waals surface area contributed by atoms with Crippen molar-refractivity contribution >= 4 is 23.4 Å². The van der Waals surface area contributed by atoms with Crippen molar-refractivity contribution in [1.82, 2.24) is 14.4 Å². The molecule has 0 spiro atoms. The Hall–Kier alpha value is -3.42. The normalized spacial score (nSPS) is 20.7. The molecular formula is C19H18N4O4. The number of aromatic nitrogens is 3. The molecule has 1 aliphatic rings. The summed E-state index contributed by atoms with van der Waals surface area (Å²) in [5, 5.41) is 13.2. The van der Waals surface area contributed by atoms with Crippen LogP contribution in [0.1, 0.15) is 25.1 Å². The molecule has 27 heavy (non-hydrogen) atoms. The quantitative estimate of drug-likeness (QED) is 0.525. The Morgan fingerprint density at radius 1 is 1.30 bits per heavy atom. The number of carbonyl (C=O) groups is 2. The number of ether oxygens (including phenoxy) is 1. The van der Waals surface area contributed by atoms with Crippen molar-refractivity contribution in [1.29, 1.82) is 0 Å². The summed E-state index contributed by atoms with van der Waals surface area (Å²) in [7, 11) is 0. The number of aliphatic carboxylic acids is 1. The van der Waals surface area contributed by atoms with Gasteiger partial charge in [0.15, 0.2) is 5.65 Å². The van der Waals surface area contributed by atoms with E-state index in [2.05, 4.69) is 15.3 Å². The van der Waals surface area contributed by atoms with E-state index in [0.717, 1.165) is 5.56 Å². The SMILES string of the molecule is CC1(C)OC(=O)C1(C(=O)O)c1nc2cnccn2c1NCc1ccccc1. The summed E-state index contributed by atoms with van der Waals surface area (Å²) in [6.07, 6.45) is 4.76. The maximum atomic E-state index is 12.4. The molecule has 2 N–H and O–H groups in total. The predicted octanol–water partition coefficient (Wildman–Crippen LogP) is 2.00. The average molecular weight is 366 g/mol. The largest absolute Gasteiger partial charge is 0.480 e. The first kappa shape index (κ1) is 17.0. The zero-order valence-corrected chi connectivity index (χ0v) is 14.8. The second-order valence-electron chi connectivity index (χ2n) is 6.91. The molecule has 1 fully saturated rings. The summed E-state index contributed by atoms with van der Waals surface area (Å²) in [5.74, 6) is -1.68. The minimum Gasteiger partial charge on any atom is -0.480 e. The minimum atomic E-state index is -1.89. The van der Waals surface area contributed by atoms with Crippen molar-refractivity contribution in [3.8, 4) is 0 Å². The maximum absolute atomic E-state index is 12.4. The summed E-state index contributed by atoms with van der Waals surface area (Å²) >= 11 is 0. The smallest absolute Gasteiger partial charge is 0.334 e. The molecule has 0 aliphatic carbocycles. The number of fused-ring (bicyclic) bond motifs is 1. The minimum absolute atomic E-state index is 0.125. The summed E-state index contributed by atoms with van der Waals surface area (Å²) in [4.78, 5) is 33.1. The lowest BCUT2D eigenvalue weighted by Gasteiger charge is -2.49. The summed E-state index contributed by atoms with van der Waals surface area (Å²) in [6.45, 7) is 3.59. The number of esters is 1. The Bertz CT molecular complexity index is 1030. The molecule has 1 aliphatic heterocycles.